The molecule has 2 amide bonds. The van der Waals surface area contributed by atoms with Crippen molar-refractivity contribution < 1.29 is 14.0 Å². The van der Waals surface area contributed by atoms with E-state index in [4.69, 9.17) is 11.6 Å². The molecule has 0 aliphatic carbocycles. The molecule has 2 aliphatic heterocycles. The molecule has 0 radical (unpaired) electrons. The van der Waals surface area contributed by atoms with Crippen molar-refractivity contribution in [2.45, 2.75) is 19.8 Å². The van der Waals surface area contributed by atoms with E-state index < -0.39 is 5.82 Å². The molecule has 1 N–H and O–H groups in total. The van der Waals surface area contributed by atoms with E-state index in [1.165, 1.54) is 23.4 Å². The van der Waals surface area contributed by atoms with Gasteiger partial charge in [0.1, 0.15) is 5.82 Å². The fourth-order valence-corrected chi connectivity index (χ4v) is 5.77. The molecule has 2 heterocycles. The molecule has 0 saturated carbocycles. The molecular weight excluding hydrogens is 489 g/mol. The van der Waals surface area contributed by atoms with Crippen molar-refractivity contribution in [1.82, 2.24) is 10.2 Å². The van der Waals surface area contributed by atoms with Crippen LogP contribution in [0.15, 0.2) is 66.7 Å². The van der Waals surface area contributed by atoms with Crippen molar-refractivity contribution in [3.05, 3.63) is 99.8 Å². The smallest absolute Gasteiger partial charge is 0.258 e. The van der Waals surface area contributed by atoms with E-state index in [0.29, 0.717) is 37.0 Å². The Labute approximate surface area is 222 Å². The molecule has 3 aromatic carbocycles. The van der Waals surface area contributed by atoms with Crippen molar-refractivity contribution >= 4 is 29.1 Å². The monoisotopic (exact) mass is 519 g/mol. The van der Waals surface area contributed by atoms with Crippen LogP contribution in [0.4, 0.5) is 10.1 Å². The number of likely N-dealkylation sites (tertiary alicyclic amines) is 1. The van der Waals surface area contributed by atoms with E-state index in [0.717, 1.165) is 31.5 Å². The summed E-state index contributed by atoms with van der Waals surface area (Å²) in [5, 5.41) is 3.17. The maximum atomic E-state index is 14.2. The Morgan fingerprint density at radius 3 is 2.43 bits per heavy atom. The third kappa shape index (κ3) is 5.64. The van der Waals surface area contributed by atoms with Crippen molar-refractivity contribution in [3.8, 4) is 0 Å². The van der Waals surface area contributed by atoms with Crippen LogP contribution in [0.2, 0.25) is 5.02 Å². The molecule has 2 saturated heterocycles. The first-order valence-electron chi connectivity index (χ1n) is 12.8. The zero-order chi connectivity index (χ0) is 25.9. The van der Waals surface area contributed by atoms with Crippen LogP contribution in [-0.4, -0.2) is 49.4 Å². The number of anilines is 1. The second-order valence-corrected chi connectivity index (χ2v) is 10.5. The molecule has 0 bridgehead atoms. The van der Waals surface area contributed by atoms with Crippen LogP contribution < -0.4 is 10.2 Å². The van der Waals surface area contributed by atoms with E-state index in [9.17, 15) is 14.0 Å². The molecule has 0 spiro atoms. The minimum absolute atomic E-state index is 0.0243. The van der Waals surface area contributed by atoms with Crippen LogP contribution in [0.5, 0.6) is 0 Å². The number of nitrogens with one attached hydrogen (secondary N) is 1. The molecule has 2 atom stereocenters. The molecule has 2 aliphatic rings. The van der Waals surface area contributed by atoms with Crippen molar-refractivity contribution in [2.24, 2.45) is 11.8 Å². The SMILES string of the molecule is Cc1cccc(C(=O)NCCCc2cccc(N3CC4CN(C(=O)c5c(F)cccc5Cl)CC4C3)c2)c1. The zero-order valence-electron chi connectivity index (χ0n) is 20.9. The molecule has 3 aromatic rings. The average molecular weight is 520 g/mol. The van der Waals surface area contributed by atoms with Crippen molar-refractivity contribution in [1.29, 1.82) is 0 Å². The maximum Gasteiger partial charge on any atom is 0.258 e. The number of benzene rings is 3. The summed E-state index contributed by atoms with van der Waals surface area (Å²) < 4.78 is 14.2. The van der Waals surface area contributed by atoms with Gasteiger partial charge < -0.3 is 15.1 Å². The van der Waals surface area contributed by atoms with Crippen LogP contribution in [-0.2, 0) is 6.42 Å². The standard InChI is InChI=1S/C30H31ClFN3O2/c1-20-6-2-9-22(14-20)29(36)33-13-5-8-21-7-3-10-25(15-21)34-16-23-18-35(19-24(23)17-34)30(37)28-26(31)11-4-12-27(28)32/h2-4,6-7,9-12,14-15,23-24H,5,8,13,16-19H2,1H3,(H,33,36). The number of fused-ring (bicyclic) bond motifs is 1. The van der Waals surface area contributed by atoms with E-state index in [-0.39, 0.29) is 22.4 Å². The number of hydrogen-bond acceptors (Lipinski definition) is 3. The second-order valence-electron chi connectivity index (χ2n) is 10.1. The lowest BCUT2D eigenvalue weighted by Gasteiger charge is -2.24. The number of hydrogen-bond donors (Lipinski definition) is 1. The molecule has 2 fully saturated rings. The van der Waals surface area contributed by atoms with Gasteiger partial charge in [-0.15, -0.1) is 0 Å². The Morgan fingerprint density at radius 1 is 0.973 bits per heavy atom. The van der Waals surface area contributed by atoms with Crippen LogP contribution in [0, 0.1) is 24.6 Å². The minimum atomic E-state index is -0.567. The Balaban J connectivity index is 1.12. The van der Waals surface area contributed by atoms with Crippen LogP contribution in [0.1, 0.15) is 38.3 Å². The minimum Gasteiger partial charge on any atom is -0.371 e. The van der Waals surface area contributed by atoms with Gasteiger partial charge in [0.2, 0.25) is 0 Å². The summed E-state index contributed by atoms with van der Waals surface area (Å²) in [7, 11) is 0. The molecule has 2 unspecified atom stereocenters. The highest BCUT2D eigenvalue weighted by atomic mass is 35.5. The first-order valence-corrected chi connectivity index (χ1v) is 13.2. The maximum absolute atomic E-state index is 14.2. The molecule has 0 aromatic heterocycles. The number of amides is 2. The first kappa shape index (κ1) is 25.3. The Morgan fingerprint density at radius 2 is 1.70 bits per heavy atom. The number of nitrogens with zero attached hydrogens (tertiary/aromatic N) is 2. The lowest BCUT2D eigenvalue weighted by molar-refractivity contribution is 0.0777. The van der Waals surface area contributed by atoms with Gasteiger partial charge in [-0.05, 0) is 61.7 Å². The molecule has 37 heavy (non-hydrogen) atoms. The summed E-state index contributed by atoms with van der Waals surface area (Å²) in [5.74, 6) is -0.209. The summed E-state index contributed by atoms with van der Waals surface area (Å²) >= 11 is 6.12. The predicted molar refractivity (Wildman–Crippen MR) is 145 cm³/mol. The number of aryl methyl sites for hydroxylation is 2. The van der Waals surface area contributed by atoms with Crippen LogP contribution in [0.3, 0.4) is 0 Å². The van der Waals surface area contributed by atoms with Gasteiger partial charge >= 0.3 is 0 Å². The topological polar surface area (TPSA) is 52.7 Å². The van der Waals surface area contributed by atoms with E-state index >= 15 is 0 Å². The fraction of sp³-hybridized carbons (Fsp3) is 0.333. The molecule has 5 rings (SSSR count). The highest BCUT2D eigenvalue weighted by Crippen LogP contribution is 2.35. The molecular formula is C30H31ClFN3O2. The Hall–Kier alpha value is -3.38. The fourth-order valence-electron chi connectivity index (χ4n) is 5.52. The lowest BCUT2D eigenvalue weighted by atomic mass is 10.0. The van der Waals surface area contributed by atoms with E-state index in [1.54, 1.807) is 11.0 Å². The highest BCUT2D eigenvalue weighted by Gasteiger charge is 2.42. The molecule has 7 heteroatoms. The molecule has 192 valence electrons. The van der Waals surface area contributed by atoms with Gasteiger partial charge in [-0.3, -0.25) is 9.59 Å². The van der Waals surface area contributed by atoms with Crippen LogP contribution in [0.25, 0.3) is 0 Å². The van der Waals surface area contributed by atoms with Crippen LogP contribution >= 0.6 is 11.6 Å². The third-order valence-corrected chi connectivity index (χ3v) is 7.75. The van der Waals surface area contributed by atoms with E-state index in [1.807, 2.05) is 31.2 Å². The van der Waals surface area contributed by atoms with Gasteiger partial charge in [-0.25, -0.2) is 4.39 Å². The third-order valence-electron chi connectivity index (χ3n) is 7.43. The Kier molecular flexibility index (Phi) is 7.47. The number of rotatable bonds is 7. The number of carbonyl (C=O) groups is 2. The van der Waals surface area contributed by atoms with Gasteiger partial charge in [0.25, 0.3) is 11.8 Å². The van der Waals surface area contributed by atoms with Gasteiger partial charge in [0, 0.05) is 55.8 Å². The number of carbonyl (C=O) groups excluding carboxylic acids is 2. The lowest BCUT2D eigenvalue weighted by Crippen LogP contribution is -2.34. The van der Waals surface area contributed by atoms with Crippen molar-refractivity contribution in [2.75, 3.05) is 37.6 Å². The summed E-state index contributed by atoms with van der Waals surface area (Å²) in [6, 6.07) is 20.5. The zero-order valence-corrected chi connectivity index (χ0v) is 21.7. The number of halogens is 2. The average Bonchev–Trinajstić information content (AvgIpc) is 3.46. The Bertz CT molecular complexity index is 1280. The van der Waals surface area contributed by atoms with Crippen molar-refractivity contribution in [3.63, 3.8) is 0 Å². The quantitative estimate of drug-likeness (QED) is 0.428. The second kappa shape index (κ2) is 10.9. The van der Waals surface area contributed by atoms with Gasteiger partial charge in [0.15, 0.2) is 0 Å². The predicted octanol–water partition coefficient (Wildman–Crippen LogP) is 5.36. The van der Waals surface area contributed by atoms with E-state index in [2.05, 4.69) is 34.5 Å². The molecule has 5 nitrogen and oxygen atoms in total. The van der Waals surface area contributed by atoms with Gasteiger partial charge in [0.05, 0.1) is 10.6 Å². The highest BCUT2D eigenvalue weighted by molar-refractivity contribution is 6.33. The summed E-state index contributed by atoms with van der Waals surface area (Å²) in [6.45, 7) is 5.58. The summed E-state index contributed by atoms with van der Waals surface area (Å²) in [5.41, 5.74) is 4.17. The van der Waals surface area contributed by atoms with Gasteiger partial charge in [-0.1, -0.05) is 47.5 Å². The first-order chi connectivity index (χ1) is 17.9. The normalized spacial score (nSPS) is 18.7. The van der Waals surface area contributed by atoms with Gasteiger partial charge in [-0.2, -0.15) is 0 Å². The summed E-state index contributed by atoms with van der Waals surface area (Å²) in [4.78, 5) is 29.4. The summed E-state index contributed by atoms with van der Waals surface area (Å²) in [6.07, 6.45) is 1.75. The largest absolute Gasteiger partial charge is 0.371 e.